The normalized spacial score (nSPS) is 16.4. The standard InChI is InChI=1S/C26H26N6O2/c1-19(33)30-13-14-31(26(34)22-8-9-25(28-16-22)32-12-4-11-29-32)18-20(17-30)15-21-5-2-7-24-23(21)6-3-10-27-24/h2-12,16,20H,13-15,17-18H2,1H3/t20-/m0/s1. The van der Waals surface area contributed by atoms with Crippen LogP contribution in [0.15, 0.2) is 73.3 Å². The maximum atomic E-state index is 13.4. The summed E-state index contributed by atoms with van der Waals surface area (Å²) in [4.78, 5) is 38.2. The zero-order valence-electron chi connectivity index (χ0n) is 19.0. The second kappa shape index (κ2) is 9.43. The summed E-state index contributed by atoms with van der Waals surface area (Å²) in [6.07, 6.45) is 7.64. The lowest BCUT2D eigenvalue weighted by molar-refractivity contribution is -0.129. The Labute approximate surface area is 197 Å². The highest BCUT2D eigenvalue weighted by atomic mass is 16.2. The van der Waals surface area contributed by atoms with Gasteiger partial charge in [-0.05, 0) is 48.2 Å². The first-order valence-electron chi connectivity index (χ1n) is 11.4. The summed E-state index contributed by atoms with van der Waals surface area (Å²) >= 11 is 0. The zero-order chi connectivity index (χ0) is 23.5. The number of rotatable bonds is 4. The smallest absolute Gasteiger partial charge is 0.255 e. The van der Waals surface area contributed by atoms with Gasteiger partial charge in [-0.1, -0.05) is 18.2 Å². The van der Waals surface area contributed by atoms with Gasteiger partial charge in [0.2, 0.25) is 5.91 Å². The van der Waals surface area contributed by atoms with E-state index >= 15 is 0 Å². The summed E-state index contributed by atoms with van der Waals surface area (Å²) in [5.41, 5.74) is 2.66. The van der Waals surface area contributed by atoms with Crippen LogP contribution in [0.25, 0.3) is 16.7 Å². The Balaban J connectivity index is 1.38. The summed E-state index contributed by atoms with van der Waals surface area (Å²) in [5, 5.41) is 5.29. The van der Waals surface area contributed by atoms with Gasteiger partial charge >= 0.3 is 0 Å². The third kappa shape index (κ3) is 4.52. The highest BCUT2D eigenvalue weighted by Crippen LogP contribution is 2.23. The van der Waals surface area contributed by atoms with Gasteiger partial charge in [-0.25, -0.2) is 9.67 Å². The van der Waals surface area contributed by atoms with Gasteiger partial charge in [-0.2, -0.15) is 5.10 Å². The Morgan fingerprint density at radius 1 is 0.941 bits per heavy atom. The molecular formula is C26H26N6O2. The molecule has 1 aliphatic rings. The number of nitrogens with zero attached hydrogens (tertiary/aromatic N) is 6. The Bertz CT molecular complexity index is 1300. The van der Waals surface area contributed by atoms with Crippen LogP contribution >= 0.6 is 0 Å². The minimum Gasteiger partial charge on any atom is -0.341 e. The van der Waals surface area contributed by atoms with Gasteiger partial charge in [0.25, 0.3) is 5.91 Å². The Kier molecular flexibility index (Phi) is 6.03. The highest BCUT2D eigenvalue weighted by molar-refractivity contribution is 5.94. The first kappa shape index (κ1) is 21.8. The molecule has 0 aliphatic carbocycles. The molecule has 172 valence electrons. The van der Waals surface area contributed by atoms with Crippen LogP contribution in [0.1, 0.15) is 22.8 Å². The van der Waals surface area contributed by atoms with Crippen molar-refractivity contribution in [1.29, 1.82) is 0 Å². The number of hydrogen-bond acceptors (Lipinski definition) is 5. The number of amides is 2. The molecule has 3 aromatic heterocycles. The van der Waals surface area contributed by atoms with Crippen LogP contribution in [-0.4, -0.2) is 67.5 Å². The van der Waals surface area contributed by atoms with E-state index in [1.807, 2.05) is 40.3 Å². The molecule has 4 heterocycles. The van der Waals surface area contributed by atoms with Crippen molar-refractivity contribution in [2.45, 2.75) is 13.3 Å². The monoisotopic (exact) mass is 454 g/mol. The van der Waals surface area contributed by atoms with Crippen LogP contribution in [-0.2, 0) is 11.2 Å². The van der Waals surface area contributed by atoms with Gasteiger partial charge in [0.05, 0.1) is 11.1 Å². The summed E-state index contributed by atoms with van der Waals surface area (Å²) < 4.78 is 1.65. The van der Waals surface area contributed by atoms with E-state index in [4.69, 9.17) is 0 Å². The fraction of sp³-hybridized carbons (Fsp3) is 0.269. The molecule has 34 heavy (non-hydrogen) atoms. The van der Waals surface area contributed by atoms with Gasteiger partial charge in [0.15, 0.2) is 5.82 Å². The van der Waals surface area contributed by atoms with Gasteiger partial charge in [0.1, 0.15) is 0 Å². The lowest BCUT2D eigenvalue weighted by Gasteiger charge is -2.25. The van der Waals surface area contributed by atoms with Crippen LogP contribution in [0.5, 0.6) is 0 Å². The van der Waals surface area contributed by atoms with Crippen molar-refractivity contribution in [3.63, 3.8) is 0 Å². The zero-order valence-corrected chi connectivity index (χ0v) is 19.0. The molecule has 0 saturated carbocycles. The fourth-order valence-corrected chi connectivity index (χ4v) is 4.60. The van der Waals surface area contributed by atoms with E-state index in [0.29, 0.717) is 37.6 Å². The molecule has 2 amide bonds. The first-order chi connectivity index (χ1) is 16.6. The molecular weight excluding hydrogens is 428 g/mol. The predicted molar refractivity (Wildman–Crippen MR) is 128 cm³/mol. The largest absolute Gasteiger partial charge is 0.341 e. The SMILES string of the molecule is CC(=O)N1CCN(C(=O)c2ccc(-n3cccn3)nc2)C[C@@H](Cc2cccc3ncccc23)C1. The van der Waals surface area contributed by atoms with Crippen molar-refractivity contribution >= 4 is 22.7 Å². The molecule has 1 fully saturated rings. The van der Waals surface area contributed by atoms with Crippen LogP contribution in [0.4, 0.5) is 0 Å². The third-order valence-electron chi connectivity index (χ3n) is 6.31. The van der Waals surface area contributed by atoms with Crippen LogP contribution in [0.2, 0.25) is 0 Å². The van der Waals surface area contributed by atoms with E-state index < -0.39 is 0 Å². The van der Waals surface area contributed by atoms with Gasteiger partial charge in [-0.15, -0.1) is 0 Å². The molecule has 0 N–H and O–H groups in total. The van der Waals surface area contributed by atoms with Gasteiger partial charge in [-0.3, -0.25) is 14.6 Å². The van der Waals surface area contributed by atoms with Crippen molar-refractivity contribution in [1.82, 2.24) is 29.5 Å². The van der Waals surface area contributed by atoms with E-state index in [2.05, 4.69) is 27.2 Å². The number of carbonyl (C=O) groups is 2. The minimum absolute atomic E-state index is 0.0316. The second-order valence-corrected chi connectivity index (χ2v) is 8.63. The number of hydrogen-bond donors (Lipinski definition) is 0. The molecule has 0 radical (unpaired) electrons. The lowest BCUT2D eigenvalue weighted by atomic mass is 9.95. The maximum Gasteiger partial charge on any atom is 0.255 e. The molecule has 8 nitrogen and oxygen atoms in total. The topological polar surface area (TPSA) is 84.2 Å². The quantitative estimate of drug-likeness (QED) is 0.473. The van der Waals surface area contributed by atoms with Crippen molar-refractivity contribution in [3.05, 3.63) is 84.4 Å². The number of fused-ring (bicyclic) bond motifs is 1. The number of aromatic nitrogens is 4. The molecule has 0 spiro atoms. The van der Waals surface area contributed by atoms with Crippen molar-refractivity contribution in [3.8, 4) is 5.82 Å². The molecule has 0 unspecified atom stereocenters. The molecule has 1 saturated heterocycles. The third-order valence-corrected chi connectivity index (χ3v) is 6.31. The van der Waals surface area contributed by atoms with Gasteiger partial charge in [0, 0.05) is 63.3 Å². The first-order valence-corrected chi connectivity index (χ1v) is 11.4. The Hall–Kier alpha value is -4.07. The van der Waals surface area contributed by atoms with Gasteiger partial charge < -0.3 is 9.80 Å². The molecule has 1 aliphatic heterocycles. The number of pyridine rings is 2. The maximum absolute atomic E-state index is 13.4. The van der Waals surface area contributed by atoms with Crippen molar-refractivity contribution < 1.29 is 9.59 Å². The lowest BCUT2D eigenvalue weighted by Crippen LogP contribution is -2.36. The van der Waals surface area contributed by atoms with Crippen LogP contribution in [0.3, 0.4) is 0 Å². The Morgan fingerprint density at radius 3 is 2.56 bits per heavy atom. The molecule has 1 atom stereocenters. The van der Waals surface area contributed by atoms with E-state index in [1.54, 1.807) is 42.3 Å². The molecule has 1 aromatic carbocycles. The average molecular weight is 455 g/mol. The summed E-state index contributed by atoms with van der Waals surface area (Å²) in [6.45, 7) is 3.79. The van der Waals surface area contributed by atoms with E-state index in [9.17, 15) is 9.59 Å². The summed E-state index contributed by atoms with van der Waals surface area (Å²) in [7, 11) is 0. The van der Waals surface area contributed by atoms with Crippen LogP contribution in [0, 0.1) is 5.92 Å². The molecule has 4 aromatic rings. The summed E-state index contributed by atoms with van der Waals surface area (Å²) in [6, 6.07) is 15.5. The molecule has 5 rings (SSSR count). The van der Waals surface area contributed by atoms with Crippen molar-refractivity contribution in [2.75, 3.05) is 26.2 Å². The average Bonchev–Trinajstić information content (AvgIpc) is 3.32. The molecule has 8 heteroatoms. The predicted octanol–water partition coefficient (Wildman–Crippen LogP) is 2.98. The summed E-state index contributed by atoms with van der Waals surface area (Å²) in [5.74, 6) is 0.721. The number of benzene rings is 1. The Morgan fingerprint density at radius 2 is 1.79 bits per heavy atom. The fourth-order valence-electron chi connectivity index (χ4n) is 4.60. The van der Waals surface area contributed by atoms with E-state index in [0.717, 1.165) is 17.3 Å². The molecule has 0 bridgehead atoms. The number of carbonyl (C=O) groups excluding carboxylic acids is 2. The van der Waals surface area contributed by atoms with Crippen LogP contribution < -0.4 is 0 Å². The van der Waals surface area contributed by atoms with E-state index in [1.165, 1.54) is 5.56 Å². The second-order valence-electron chi connectivity index (χ2n) is 8.63. The van der Waals surface area contributed by atoms with E-state index in [-0.39, 0.29) is 17.7 Å². The minimum atomic E-state index is -0.0745. The highest BCUT2D eigenvalue weighted by Gasteiger charge is 2.28. The van der Waals surface area contributed by atoms with Crippen molar-refractivity contribution in [2.24, 2.45) is 5.92 Å².